The number of nitrogens with two attached hydrogens (primary N) is 1. The molecule has 0 aromatic carbocycles. The normalized spacial score (nSPS) is 9.93. The van der Waals surface area contributed by atoms with Crippen LogP contribution in [0.4, 0.5) is 0 Å². The summed E-state index contributed by atoms with van der Waals surface area (Å²) in [4.78, 5) is 17.8. The predicted molar refractivity (Wildman–Crippen MR) is 55.1 cm³/mol. The molecule has 6 heteroatoms. The van der Waals surface area contributed by atoms with Crippen LogP contribution < -0.4 is 11.3 Å². The van der Waals surface area contributed by atoms with E-state index in [-0.39, 0.29) is 5.56 Å². The van der Waals surface area contributed by atoms with E-state index in [4.69, 9.17) is 5.73 Å². The van der Waals surface area contributed by atoms with Crippen molar-refractivity contribution >= 4 is 11.0 Å². The molecule has 2 heterocycles. The van der Waals surface area contributed by atoms with Crippen LogP contribution >= 0.6 is 0 Å². The van der Waals surface area contributed by atoms with Crippen molar-refractivity contribution in [1.82, 2.24) is 20.2 Å². The average molecular weight is 203 g/mol. The molecule has 0 atom stereocenters. The lowest BCUT2D eigenvalue weighted by Crippen LogP contribution is -2.06. The highest BCUT2D eigenvalue weighted by Crippen LogP contribution is 2.05. The van der Waals surface area contributed by atoms with Gasteiger partial charge in [0.15, 0.2) is 5.65 Å². The van der Waals surface area contributed by atoms with Crippen molar-refractivity contribution in [3.8, 4) is 11.8 Å². The fourth-order valence-electron chi connectivity index (χ4n) is 1.18. The van der Waals surface area contributed by atoms with Crippen LogP contribution in [0.1, 0.15) is 12.1 Å². The van der Waals surface area contributed by atoms with Gasteiger partial charge in [-0.15, -0.1) is 0 Å². The lowest BCUT2D eigenvalue weighted by molar-refractivity contribution is 1.03. The highest BCUT2D eigenvalue weighted by molar-refractivity contribution is 5.79. The van der Waals surface area contributed by atoms with Crippen LogP contribution in [0.2, 0.25) is 0 Å². The zero-order chi connectivity index (χ0) is 10.7. The first-order valence-corrected chi connectivity index (χ1v) is 4.43. The zero-order valence-corrected chi connectivity index (χ0v) is 7.87. The molecule has 76 valence electrons. The zero-order valence-electron chi connectivity index (χ0n) is 7.87. The number of aromatic amines is 2. The molecule has 6 nitrogen and oxygen atoms in total. The van der Waals surface area contributed by atoms with Gasteiger partial charge in [-0.1, -0.05) is 5.92 Å². The van der Waals surface area contributed by atoms with Crippen LogP contribution in [0.3, 0.4) is 0 Å². The van der Waals surface area contributed by atoms with E-state index >= 15 is 0 Å². The Labute approximate surface area is 84.9 Å². The highest BCUT2D eigenvalue weighted by atomic mass is 16.1. The molecule has 0 aliphatic carbocycles. The second kappa shape index (κ2) is 3.94. The minimum absolute atomic E-state index is 0.245. The van der Waals surface area contributed by atoms with E-state index in [0.29, 0.717) is 29.7 Å². The first-order valence-electron chi connectivity index (χ1n) is 4.43. The van der Waals surface area contributed by atoms with E-state index in [1.165, 1.54) is 6.33 Å². The van der Waals surface area contributed by atoms with Gasteiger partial charge in [-0.05, 0) is 5.92 Å². The Morgan fingerprint density at radius 1 is 1.53 bits per heavy atom. The van der Waals surface area contributed by atoms with Gasteiger partial charge in [-0.3, -0.25) is 9.89 Å². The molecule has 15 heavy (non-hydrogen) atoms. The number of aromatic nitrogens is 4. The SMILES string of the molecule is NCCC#Cc1n[nH]c2nc[nH]c(=O)c12. The number of hydrogen-bond donors (Lipinski definition) is 3. The summed E-state index contributed by atoms with van der Waals surface area (Å²) >= 11 is 0. The number of nitrogens with one attached hydrogen (secondary N) is 2. The van der Waals surface area contributed by atoms with Crippen LogP contribution in [-0.2, 0) is 0 Å². The van der Waals surface area contributed by atoms with E-state index in [2.05, 4.69) is 32.0 Å². The predicted octanol–water partition coefficient (Wildman–Crippen LogP) is -0.653. The molecule has 2 rings (SSSR count). The van der Waals surface area contributed by atoms with E-state index in [1.54, 1.807) is 0 Å². The number of H-pyrrole nitrogens is 2. The summed E-state index contributed by atoms with van der Waals surface area (Å²) < 4.78 is 0. The number of hydrogen-bond acceptors (Lipinski definition) is 4. The van der Waals surface area contributed by atoms with Crippen molar-refractivity contribution in [2.75, 3.05) is 6.54 Å². The molecule has 0 radical (unpaired) electrons. The molecule has 0 aliphatic rings. The van der Waals surface area contributed by atoms with Crippen LogP contribution in [0, 0.1) is 11.8 Å². The molecule has 0 bridgehead atoms. The molecule has 2 aromatic heterocycles. The summed E-state index contributed by atoms with van der Waals surface area (Å²) in [6.07, 6.45) is 1.90. The van der Waals surface area contributed by atoms with E-state index in [1.807, 2.05) is 0 Å². The van der Waals surface area contributed by atoms with Gasteiger partial charge in [0.1, 0.15) is 11.1 Å². The quantitative estimate of drug-likeness (QED) is 0.536. The molecular weight excluding hydrogens is 194 g/mol. The van der Waals surface area contributed by atoms with Gasteiger partial charge >= 0.3 is 0 Å². The standard InChI is InChI=1S/C9H9N5O/c10-4-2-1-3-6-7-8(14-13-6)11-5-12-9(7)15/h5H,2,4,10H2,(H2,11,12,13,14,15). The molecule has 0 spiro atoms. The van der Waals surface area contributed by atoms with Crippen molar-refractivity contribution in [2.45, 2.75) is 6.42 Å². The average Bonchev–Trinajstić information content (AvgIpc) is 2.63. The molecule has 0 unspecified atom stereocenters. The summed E-state index contributed by atoms with van der Waals surface area (Å²) in [5, 5.41) is 6.94. The second-order valence-corrected chi connectivity index (χ2v) is 2.87. The van der Waals surface area contributed by atoms with Gasteiger partial charge in [0.25, 0.3) is 5.56 Å². The number of rotatable bonds is 1. The molecule has 2 aromatic rings. The summed E-state index contributed by atoms with van der Waals surface area (Å²) in [5.41, 5.74) is 5.91. The molecule has 0 saturated carbocycles. The fraction of sp³-hybridized carbons (Fsp3) is 0.222. The maximum Gasteiger partial charge on any atom is 0.263 e. The number of fused-ring (bicyclic) bond motifs is 1. The Kier molecular flexibility index (Phi) is 2.48. The summed E-state index contributed by atoms with van der Waals surface area (Å²) in [6.45, 7) is 0.490. The van der Waals surface area contributed by atoms with Crippen LogP contribution in [0.15, 0.2) is 11.1 Å². The monoisotopic (exact) mass is 203 g/mol. The third-order valence-electron chi connectivity index (χ3n) is 1.84. The largest absolute Gasteiger partial charge is 0.330 e. The molecular formula is C9H9N5O. The van der Waals surface area contributed by atoms with Crippen molar-refractivity contribution < 1.29 is 0 Å². The van der Waals surface area contributed by atoms with Crippen LogP contribution in [-0.4, -0.2) is 26.7 Å². The number of nitrogens with zero attached hydrogens (tertiary/aromatic N) is 2. The summed E-state index contributed by atoms with van der Waals surface area (Å²) in [6, 6.07) is 0. The Morgan fingerprint density at radius 3 is 3.20 bits per heavy atom. The van der Waals surface area contributed by atoms with Crippen molar-refractivity contribution in [2.24, 2.45) is 5.73 Å². The highest BCUT2D eigenvalue weighted by Gasteiger charge is 2.07. The van der Waals surface area contributed by atoms with Gasteiger partial charge in [-0.25, -0.2) is 4.98 Å². The molecule has 0 fully saturated rings. The van der Waals surface area contributed by atoms with E-state index in [9.17, 15) is 4.79 Å². The van der Waals surface area contributed by atoms with Gasteiger partial charge in [0.05, 0.1) is 6.33 Å². The van der Waals surface area contributed by atoms with Crippen LogP contribution in [0.25, 0.3) is 11.0 Å². The topological polar surface area (TPSA) is 100 Å². The first-order chi connectivity index (χ1) is 7.33. The first kappa shape index (κ1) is 9.43. The van der Waals surface area contributed by atoms with E-state index < -0.39 is 0 Å². The minimum atomic E-state index is -0.245. The Morgan fingerprint density at radius 2 is 2.40 bits per heavy atom. The van der Waals surface area contributed by atoms with Gasteiger partial charge in [0, 0.05) is 13.0 Å². The third kappa shape index (κ3) is 1.73. The third-order valence-corrected chi connectivity index (χ3v) is 1.84. The molecule has 0 aliphatic heterocycles. The lowest BCUT2D eigenvalue weighted by atomic mass is 10.3. The lowest BCUT2D eigenvalue weighted by Gasteiger charge is -1.85. The smallest absolute Gasteiger partial charge is 0.263 e. The fourth-order valence-corrected chi connectivity index (χ4v) is 1.18. The Hall–Kier alpha value is -2.13. The Balaban J connectivity index is 2.55. The molecule has 0 amide bonds. The maximum absolute atomic E-state index is 11.4. The Bertz CT molecular complexity index is 586. The van der Waals surface area contributed by atoms with Gasteiger partial charge in [0.2, 0.25) is 0 Å². The van der Waals surface area contributed by atoms with Gasteiger partial charge < -0.3 is 10.7 Å². The molecule has 0 saturated heterocycles. The molecule has 4 N–H and O–H groups in total. The van der Waals surface area contributed by atoms with Crippen LogP contribution in [0.5, 0.6) is 0 Å². The van der Waals surface area contributed by atoms with Gasteiger partial charge in [-0.2, -0.15) is 5.10 Å². The van der Waals surface area contributed by atoms with Crippen molar-refractivity contribution in [1.29, 1.82) is 0 Å². The van der Waals surface area contributed by atoms with E-state index in [0.717, 1.165) is 0 Å². The summed E-state index contributed by atoms with van der Waals surface area (Å²) in [5.74, 6) is 5.60. The van der Waals surface area contributed by atoms with Crippen molar-refractivity contribution in [3.63, 3.8) is 0 Å². The maximum atomic E-state index is 11.4. The summed E-state index contributed by atoms with van der Waals surface area (Å²) in [7, 11) is 0. The second-order valence-electron chi connectivity index (χ2n) is 2.87. The minimum Gasteiger partial charge on any atom is -0.330 e. The van der Waals surface area contributed by atoms with Crippen molar-refractivity contribution in [3.05, 3.63) is 22.4 Å².